The van der Waals surface area contributed by atoms with Crippen LogP contribution in [0.1, 0.15) is 38.1 Å². The Balaban J connectivity index is 2.14. The molecule has 0 radical (unpaired) electrons. The third-order valence-electron chi connectivity index (χ3n) is 4.42. The van der Waals surface area contributed by atoms with Gasteiger partial charge in [-0.15, -0.1) is 0 Å². The third kappa shape index (κ3) is 1.82. The number of fused-ring (bicyclic) bond motifs is 3. The number of H-pyrrole nitrogens is 2. The number of aromatic nitrogens is 4. The van der Waals surface area contributed by atoms with Crippen LogP contribution in [-0.4, -0.2) is 19.5 Å². The van der Waals surface area contributed by atoms with Crippen molar-refractivity contribution < 1.29 is 0 Å². The zero-order valence-electron chi connectivity index (χ0n) is 11.6. The lowest BCUT2D eigenvalue weighted by Crippen LogP contribution is -2.33. The Hall–Kier alpha value is -2.37. The van der Waals surface area contributed by atoms with Crippen molar-refractivity contribution in [2.75, 3.05) is 0 Å². The van der Waals surface area contributed by atoms with E-state index in [9.17, 15) is 9.59 Å². The molecule has 1 saturated carbocycles. The van der Waals surface area contributed by atoms with Gasteiger partial charge in [0.25, 0.3) is 5.56 Å². The van der Waals surface area contributed by atoms with Crippen LogP contribution in [0.15, 0.2) is 28.0 Å². The first-order chi connectivity index (χ1) is 10.3. The van der Waals surface area contributed by atoms with Crippen LogP contribution in [0.25, 0.3) is 21.9 Å². The second kappa shape index (κ2) is 4.58. The summed E-state index contributed by atoms with van der Waals surface area (Å²) in [6.45, 7) is 0. The summed E-state index contributed by atoms with van der Waals surface area (Å²) in [6.07, 6.45) is 8.76. The molecule has 0 aliphatic heterocycles. The zero-order valence-corrected chi connectivity index (χ0v) is 11.6. The number of pyridine rings is 1. The summed E-state index contributed by atoms with van der Waals surface area (Å²) in [5, 5.41) is 1.31. The van der Waals surface area contributed by atoms with Crippen molar-refractivity contribution in [2.24, 2.45) is 0 Å². The van der Waals surface area contributed by atoms with Crippen molar-refractivity contribution in [1.82, 2.24) is 19.5 Å². The predicted molar refractivity (Wildman–Crippen MR) is 80.6 cm³/mol. The van der Waals surface area contributed by atoms with Crippen molar-refractivity contribution in [3.63, 3.8) is 0 Å². The van der Waals surface area contributed by atoms with Crippen LogP contribution in [0.5, 0.6) is 0 Å². The molecule has 3 heterocycles. The lowest BCUT2D eigenvalue weighted by Gasteiger charge is -2.25. The topological polar surface area (TPSA) is 83.5 Å². The minimum Gasteiger partial charge on any atom is -0.346 e. The Morgan fingerprint density at radius 1 is 1.14 bits per heavy atom. The van der Waals surface area contributed by atoms with Gasteiger partial charge < -0.3 is 4.98 Å². The minimum atomic E-state index is -0.363. The molecule has 21 heavy (non-hydrogen) atoms. The molecule has 6 nitrogen and oxygen atoms in total. The van der Waals surface area contributed by atoms with Crippen LogP contribution in [0.2, 0.25) is 0 Å². The maximum Gasteiger partial charge on any atom is 0.329 e. The van der Waals surface area contributed by atoms with Crippen molar-refractivity contribution in [3.05, 3.63) is 39.3 Å². The Bertz CT molecular complexity index is 928. The lowest BCUT2D eigenvalue weighted by atomic mass is 9.95. The van der Waals surface area contributed by atoms with E-state index >= 15 is 0 Å². The van der Waals surface area contributed by atoms with Crippen LogP contribution >= 0.6 is 0 Å². The summed E-state index contributed by atoms with van der Waals surface area (Å²) < 4.78 is 1.77. The van der Waals surface area contributed by atoms with Gasteiger partial charge in [-0.3, -0.25) is 14.3 Å². The highest BCUT2D eigenvalue weighted by Crippen LogP contribution is 2.30. The number of nitrogens with one attached hydrogen (secondary N) is 2. The van der Waals surface area contributed by atoms with Crippen molar-refractivity contribution in [3.8, 4) is 0 Å². The molecule has 0 atom stereocenters. The first-order valence-corrected chi connectivity index (χ1v) is 7.36. The molecule has 0 amide bonds. The van der Waals surface area contributed by atoms with Gasteiger partial charge in [0.15, 0.2) is 0 Å². The maximum atomic E-state index is 12.4. The Labute approximate surface area is 119 Å². The predicted octanol–water partition coefficient (Wildman–Crippen LogP) is 2.07. The number of aromatic amines is 2. The van der Waals surface area contributed by atoms with Gasteiger partial charge in [0.05, 0.1) is 10.9 Å². The average molecular weight is 284 g/mol. The molecule has 0 saturated heterocycles. The fourth-order valence-electron chi connectivity index (χ4n) is 3.43. The van der Waals surface area contributed by atoms with Gasteiger partial charge in [0.1, 0.15) is 5.65 Å². The highest BCUT2D eigenvalue weighted by atomic mass is 16.2. The molecule has 6 heteroatoms. The molecule has 1 aliphatic carbocycles. The molecule has 1 fully saturated rings. The number of hydrogen-bond donors (Lipinski definition) is 2. The fraction of sp³-hybridized carbons (Fsp3) is 0.400. The Morgan fingerprint density at radius 2 is 1.95 bits per heavy atom. The SMILES string of the molecule is O=c1[nH]c(=O)n(C2CCCCC2)c2c1cnc1[nH]ccc12. The summed E-state index contributed by atoms with van der Waals surface area (Å²) in [5.74, 6) is 0. The first-order valence-electron chi connectivity index (χ1n) is 7.36. The summed E-state index contributed by atoms with van der Waals surface area (Å²) >= 11 is 0. The van der Waals surface area contributed by atoms with Crippen molar-refractivity contribution in [1.29, 1.82) is 0 Å². The van der Waals surface area contributed by atoms with Crippen molar-refractivity contribution >= 4 is 21.9 Å². The average Bonchev–Trinajstić information content (AvgIpc) is 2.97. The smallest absolute Gasteiger partial charge is 0.329 e. The van der Waals surface area contributed by atoms with E-state index in [0.29, 0.717) is 16.6 Å². The summed E-state index contributed by atoms with van der Waals surface area (Å²) in [4.78, 5) is 34.2. The normalized spacial score (nSPS) is 16.8. The molecule has 1 aliphatic rings. The summed E-state index contributed by atoms with van der Waals surface area (Å²) in [6, 6.07) is 2.04. The standard InChI is InChI=1S/C15H16N4O2/c20-14-11-8-17-13-10(6-7-16-13)12(11)19(15(21)18-14)9-4-2-1-3-5-9/h6-9H,1-5H2,(H,16,17)(H,18,20,21). The minimum absolute atomic E-state index is 0.158. The van der Waals surface area contributed by atoms with E-state index in [2.05, 4.69) is 15.0 Å². The maximum absolute atomic E-state index is 12.4. The van der Waals surface area contributed by atoms with E-state index in [0.717, 1.165) is 31.1 Å². The number of nitrogens with zero attached hydrogens (tertiary/aromatic N) is 2. The molecule has 0 aromatic carbocycles. The van der Waals surface area contributed by atoms with Crippen LogP contribution in [0.3, 0.4) is 0 Å². The molecule has 4 rings (SSSR count). The number of rotatable bonds is 1. The quantitative estimate of drug-likeness (QED) is 0.717. The van der Waals surface area contributed by atoms with E-state index in [1.807, 2.05) is 6.07 Å². The molecule has 108 valence electrons. The third-order valence-corrected chi connectivity index (χ3v) is 4.42. The second-order valence-electron chi connectivity index (χ2n) is 5.68. The van der Waals surface area contributed by atoms with E-state index in [-0.39, 0.29) is 17.3 Å². The molecular weight excluding hydrogens is 268 g/mol. The Kier molecular flexibility index (Phi) is 2.70. The van der Waals surface area contributed by atoms with Crippen LogP contribution in [0.4, 0.5) is 0 Å². The fourth-order valence-corrected chi connectivity index (χ4v) is 3.43. The molecule has 0 unspecified atom stereocenters. The number of hydrogen-bond acceptors (Lipinski definition) is 3. The monoisotopic (exact) mass is 284 g/mol. The van der Waals surface area contributed by atoms with Crippen LogP contribution in [0, 0.1) is 0 Å². The van der Waals surface area contributed by atoms with Gasteiger partial charge in [0.2, 0.25) is 0 Å². The largest absolute Gasteiger partial charge is 0.346 e. The second-order valence-corrected chi connectivity index (χ2v) is 5.68. The highest BCUT2D eigenvalue weighted by molar-refractivity contribution is 6.01. The van der Waals surface area contributed by atoms with Gasteiger partial charge >= 0.3 is 5.69 Å². The molecule has 2 N–H and O–H groups in total. The van der Waals surface area contributed by atoms with E-state index in [4.69, 9.17) is 0 Å². The summed E-state index contributed by atoms with van der Waals surface area (Å²) in [7, 11) is 0. The summed E-state index contributed by atoms with van der Waals surface area (Å²) in [5.41, 5.74) is 0.740. The molecular formula is C15H16N4O2. The molecule has 3 aromatic rings. The van der Waals surface area contributed by atoms with Crippen molar-refractivity contribution in [2.45, 2.75) is 38.1 Å². The van der Waals surface area contributed by atoms with Gasteiger partial charge in [-0.05, 0) is 18.9 Å². The van der Waals surface area contributed by atoms with Crippen LogP contribution in [-0.2, 0) is 0 Å². The molecule has 3 aromatic heterocycles. The zero-order chi connectivity index (χ0) is 14.4. The van der Waals surface area contributed by atoms with Gasteiger partial charge in [0, 0.05) is 23.8 Å². The lowest BCUT2D eigenvalue weighted by molar-refractivity contribution is 0.351. The van der Waals surface area contributed by atoms with Crippen LogP contribution < -0.4 is 11.2 Å². The van der Waals surface area contributed by atoms with Gasteiger partial charge in [-0.1, -0.05) is 19.3 Å². The Morgan fingerprint density at radius 3 is 2.76 bits per heavy atom. The van der Waals surface area contributed by atoms with Gasteiger partial charge in [-0.25, -0.2) is 9.78 Å². The van der Waals surface area contributed by atoms with E-state index in [1.165, 1.54) is 6.42 Å². The van der Waals surface area contributed by atoms with E-state index < -0.39 is 0 Å². The molecule has 0 bridgehead atoms. The highest BCUT2D eigenvalue weighted by Gasteiger charge is 2.21. The molecule has 0 spiro atoms. The first kappa shape index (κ1) is 12.4. The van der Waals surface area contributed by atoms with Gasteiger partial charge in [-0.2, -0.15) is 0 Å². The van der Waals surface area contributed by atoms with E-state index in [1.54, 1.807) is 17.0 Å².